The molecule has 1 amide bonds. The molecule has 13 N–H and O–H groups in total. The Kier molecular flexibility index (Phi) is 8.69. The number of carbonyl (C=O) groups excluding carboxylic acids is 1. The van der Waals surface area contributed by atoms with Crippen molar-refractivity contribution in [3.05, 3.63) is 0 Å². The Morgan fingerprint density at radius 1 is 1.14 bits per heavy atom. The van der Waals surface area contributed by atoms with Crippen LogP contribution < -0.4 is 22.5 Å². The third-order valence-electron chi connectivity index (χ3n) is 5.35. The van der Waals surface area contributed by atoms with Crippen molar-refractivity contribution in [2.45, 2.75) is 80.0 Å². The van der Waals surface area contributed by atoms with E-state index in [1.807, 2.05) is 0 Å². The van der Waals surface area contributed by atoms with Crippen LogP contribution in [0.3, 0.4) is 0 Å². The zero-order chi connectivity index (χ0) is 21.9. The molecule has 29 heavy (non-hydrogen) atoms. The quantitative estimate of drug-likeness (QED) is 0.183. The lowest BCUT2D eigenvalue weighted by molar-refractivity contribution is -0.305. The molecule has 2 rings (SSSR count). The lowest BCUT2D eigenvalue weighted by Crippen LogP contribution is -2.68. The summed E-state index contributed by atoms with van der Waals surface area (Å²) in [7, 11) is 0. The number of amides is 1. The predicted molar refractivity (Wildman–Crippen MR) is 96.8 cm³/mol. The van der Waals surface area contributed by atoms with Crippen LogP contribution in [0.25, 0.3) is 0 Å². The molecule has 11 atom stereocenters. The van der Waals surface area contributed by atoms with Crippen molar-refractivity contribution in [3.63, 3.8) is 0 Å². The first-order chi connectivity index (χ1) is 13.6. The van der Waals surface area contributed by atoms with Gasteiger partial charge in [0.05, 0.1) is 24.8 Å². The summed E-state index contributed by atoms with van der Waals surface area (Å²) in [5, 5.41) is 62.3. The number of nitrogens with one attached hydrogen (secondary N) is 1. The molecule has 0 unspecified atom stereocenters. The van der Waals surface area contributed by atoms with Gasteiger partial charge in [0.2, 0.25) is 5.91 Å². The lowest BCUT2D eigenvalue weighted by atomic mass is 9.84. The SMILES string of the molecule is NCC[C@H](O)C(=O)N[C@@H]1C[C@H](N)[C@@H](O)[C@H](O)[C@H]1O[C@H]1O[C@H](CO)[C@@H](O)[C@H](N)[C@H]1O. The highest BCUT2D eigenvalue weighted by atomic mass is 16.7. The lowest BCUT2D eigenvalue weighted by Gasteiger charge is -2.46. The fraction of sp³-hybridized carbons (Fsp3) is 0.938. The van der Waals surface area contributed by atoms with Crippen LogP contribution in [0, 0.1) is 0 Å². The van der Waals surface area contributed by atoms with Crippen LogP contribution in [0.15, 0.2) is 0 Å². The van der Waals surface area contributed by atoms with E-state index in [1.54, 1.807) is 0 Å². The summed E-state index contributed by atoms with van der Waals surface area (Å²) in [6, 6.07) is -3.05. The normalized spacial score (nSPS) is 44.3. The Balaban J connectivity index is 2.17. The van der Waals surface area contributed by atoms with Gasteiger partial charge in [-0.3, -0.25) is 4.79 Å². The van der Waals surface area contributed by atoms with E-state index in [4.69, 9.17) is 26.7 Å². The third kappa shape index (κ3) is 5.39. The molecular weight excluding hydrogens is 392 g/mol. The van der Waals surface area contributed by atoms with Crippen LogP contribution in [0.5, 0.6) is 0 Å². The van der Waals surface area contributed by atoms with Gasteiger partial charge < -0.3 is 62.6 Å². The van der Waals surface area contributed by atoms with Gasteiger partial charge in [0, 0.05) is 6.04 Å². The van der Waals surface area contributed by atoms with Gasteiger partial charge in [-0.15, -0.1) is 0 Å². The van der Waals surface area contributed by atoms with E-state index in [0.29, 0.717) is 0 Å². The number of nitrogens with two attached hydrogens (primary N) is 3. The molecule has 0 aromatic carbocycles. The summed E-state index contributed by atoms with van der Waals surface area (Å²) < 4.78 is 10.9. The van der Waals surface area contributed by atoms with Crippen LogP contribution in [0.4, 0.5) is 0 Å². The Morgan fingerprint density at radius 3 is 2.38 bits per heavy atom. The van der Waals surface area contributed by atoms with E-state index in [9.17, 15) is 35.4 Å². The van der Waals surface area contributed by atoms with Crippen LogP contribution in [-0.2, 0) is 14.3 Å². The Bertz CT molecular complexity index is 543. The summed E-state index contributed by atoms with van der Waals surface area (Å²) in [6.07, 6.45) is -11.1. The highest BCUT2D eigenvalue weighted by molar-refractivity contribution is 5.80. The monoisotopic (exact) mass is 424 g/mol. The molecule has 1 aliphatic carbocycles. The zero-order valence-electron chi connectivity index (χ0n) is 15.8. The fourth-order valence-corrected chi connectivity index (χ4v) is 3.52. The maximum atomic E-state index is 12.2. The molecule has 0 bridgehead atoms. The van der Waals surface area contributed by atoms with E-state index in [1.165, 1.54) is 0 Å². The van der Waals surface area contributed by atoms with Crippen LogP contribution in [0.1, 0.15) is 12.8 Å². The highest BCUT2D eigenvalue weighted by Gasteiger charge is 2.49. The second kappa shape index (κ2) is 10.4. The van der Waals surface area contributed by atoms with Gasteiger partial charge in [-0.05, 0) is 19.4 Å². The Morgan fingerprint density at radius 2 is 1.79 bits per heavy atom. The van der Waals surface area contributed by atoms with E-state index in [0.717, 1.165) is 0 Å². The van der Waals surface area contributed by atoms with Gasteiger partial charge in [-0.1, -0.05) is 0 Å². The van der Waals surface area contributed by atoms with Gasteiger partial charge in [-0.25, -0.2) is 0 Å². The number of aliphatic hydroxyl groups excluding tert-OH is 6. The van der Waals surface area contributed by atoms with Crippen LogP contribution >= 0.6 is 0 Å². The summed E-state index contributed by atoms with van der Waals surface area (Å²) in [5.41, 5.74) is 16.9. The number of carbonyl (C=O) groups is 1. The number of rotatable bonds is 7. The van der Waals surface area contributed by atoms with Crippen molar-refractivity contribution in [2.24, 2.45) is 17.2 Å². The minimum Gasteiger partial charge on any atom is -0.394 e. The molecule has 1 saturated heterocycles. The number of hydrogen-bond donors (Lipinski definition) is 10. The molecular formula is C16H32N4O9. The summed E-state index contributed by atoms with van der Waals surface area (Å²) >= 11 is 0. The molecule has 0 radical (unpaired) electrons. The van der Waals surface area contributed by atoms with Crippen molar-refractivity contribution >= 4 is 5.91 Å². The van der Waals surface area contributed by atoms with E-state index in [-0.39, 0.29) is 19.4 Å². The minimum absolute atomic E-state index is 0.00903. The van der Waals surface area contributed by atoms with Gasteiger partial charge in [0.25, 0.3) is 0 Å². The van der Waals surface area contributed by atoms with Gasteiger partial charge >= 0.3 is 0 Å². The molecule has 13 nitrogen and oxygen atoms in total. The van der Waals surface area contributed by atoms with Crippen LogP contribution in [0.2, 0.25) is 0 Å². The first-order valence-electron chi connectivity index (χ1n) is 9.46. The average molecular weight is 424 g/mol. The maximum absolute atomic E-state index is 12.2. The smallest absolute Gasteiger partial charge is 0.249 e. The minimum atomic E-state index is -1.57. The second-order valence-corrected chi connectivity index (χ2v) is 7.47. The predicted octanol–water partition coefficient (Wildman–Crippen LogP) is -6.21. The molecule has 13 heteroatoms. The first kappa shape index (κ1) is 24.3. The van der Waals surface area contributed by atoms with Gasteiger partial charge in [0.15, 0.2) is 6.29 Å². The molecule has 0 aromatic heterocycles. The van der Waals surface area contributed by atoms with E-state index in [2.05, 4.69) is 5.32 Å². The molecule has 170 valence electrons. The summed E-state index contributed by atoms with van der Waals surface area (Å²) in [4.78, 5) is 12.2. The van der Waals surface area contributed by atoms with E-state index >= 15 is 0 Å². The topological polar surface area (TPSA) is 247 Å². The van der Waals surface area contributed by atoms with E-state index < -0.39 is 79.7 Å². The number of ether oxygens (including phenoxy) is 2. The molecule has 0 aromatic rings. The summed E-state index contributed by atoms with van der Waals surface area (Å²) in [5.74, 6) is -0.768. The molecule has 1 saturated carbocycles. The van der Waals surface area contributed by atoms with Crippen molar-refractivity contribution < 1.29 is 44.9 Å². The fourth-order valence-electron chi connectivity index (χ4n) is 3.52. The van der Waals surface area contributed by atoms with Crippen molar-refractivity contribution in [1.82, 2.24) is 5.32 Å². The highest BCUT2D eigenvalue weighted by Crippen LogP contribution is 2.28. The third-order valence-corrected chi connectivity index (χ3v) is 5.35. The first-order valence-corrected chi connectivity index (χ1v) is 9.46. The average Bonchev–Trinajstić information content (AvgIpc) is 2.69. The summed E-state index contributed by atoms with van der Waals surface area (Å²) in [6.45, 7) is -0.529. The molecule has 1 aliphatic heterocycles. The van der Waals surface area contributed by atoms with Gasteiger partial charge in [0.1, 0.15) is 36.6 Å². The number of aliphatic hydroxyl groups is 6. The molecule has 1 heterocycles. The maximum Gasteiger partial charge on any atom is 0.249 e. The second-order valence-electron chi connectivity index (χ2n) is 7.47. The van der Waals surface area contributed by atoms with Crippen molar-refractivity contribution in [2.75, 3.05) is 13.2 Å². The van der Waals surface area contributed by atoms with Crippen molar-refractivity contribution in [3.8, 4) is 0 Å². The number of hydrogen-bond acceptors (Lipinski definition) is 12. The largest absolute Gasteiger partial charge is 0.394 e. The van der Waals surface area contributed by atoms with Crippen molar-refractivity contribution in [1.29, 1.82) is 0 Å². The Hall–Kier alpha value is -0.970. The zero-order valence-corrected chi connectivity index (χ0v) is 15.8. The Labute approximate surface area is 167 Å². The molecule has 2 aliphatic rings. The molecule has 0 spiro atoms. The van der Waals surface area contributed by atoms with Crippen LogP contribution in [-0.4, -0.2) is 117 Å². The van der Waals surface area contributed by atoms with Gasteiger partial charge in [-0.2, -0.15) is 0 Å². The standard InChI is InChI=1S/C16H32N4O9/c17-2-1-7(22)15(27)20-6-3-5(18)10(23)13(26)14(6)29-16-12(25)9(19)11(24)8(4-21)28-16/h5-14,16,21-26H,1-4,17-19H2,(H,20,27)/t5-,6+,7-,8+,9-,10+,11+,12+,13-,14-,16+/m0/s1. The molecule has 2 fully saturated rings.